The molecular weight excluding hydrogens is 362 g/mol. The lowest BCUT2D eigenvalue weighted by atomic mass is 10.2. The van der Waals surface area contributed by atoms with Crippen LogP contribution in [-0.2, 0) is 6.54 Å². The summed E-state index contributed by atoms with van der Waals surface area (Å²) in [5.74, 6) is 0.580. The third-order valence-corrected chi connectivity index (χ3v) is 4.34. The molecule has 0 aliphatic rings. The van der Waals surface area contributed by atoms with Crippen LogP contribution in [-0.4, -0.2) is 18.0 Å². The van der Waals surface area contributed by atoms with E-state index in [9.17, 15) is 4.79 Å². The highest BCUT2D eigenvalue weighted by atomic mass is 35.5. The van der Waals surface area contributed by atoms with Crippen LogP contribution >= 0.6 is 11.6 Å². The van der Waals surface area contributed by atoms with Crippen molar-refractivity contribution in [1.82, 2.24) is 4.98 Å². The summed E-state index contributed by atoms with van der Waals surface area (Å²) in [6.07, 6.45) is 3.22. The molecule has 0 fully saturated rings. The van der Waals surface area contributed by atoms with Crippen molar-refractivity contribution < 1.29 is 9.53 Å². The average molecular weight is 382 g/mol. The smallest absolute Gasteiger partial charge is 0.257 e. The zero-order valence-corrected chi connectivity index (χ0v) is 15.9. The van der Waals surface area contributed by atoms with E-state index in [2.05, 4.69) is 15.6 Å². The van der Waals surface area contributed by atoms with Gasteiger partial charge in [0.15, 0.2) is 0 Å². The van der Waals surface area contributed by atoms with Crippen molar-refractivity contribution in [3.05, 3.63) is 82.6 Å². The van der Waals surface area contributed by atoms with Crippen LogP contribution in [0, 0.1) is 6.92 Å². The number of aryl methyl sites for hydroxylation is 1. The molecule has 1 aromatic heterocycles. The van der Waals surface area contributed by atoms with Gasteiger partial charge in [-0.15, -0.1) is 0 Å². The van der Waals surface area contributed by atoms with Gasteiger partial charge in [-0.25, -0.2) is 0 Å². The van der Waals surface area contributed by atoms with Crippen LogP contribution in [0.2, 0.25) is 5.02 Å². The first-order valence-electron chi connectivity index (χ1n) is 8.44. The molecule has 27 heavy (non-hydrogen) atoms. The third-order valence-electron chi connectivity index (χ3n) is 4.10. The van der Waals surface area contributed by atoms with Gasteiger partial charge in [-0.05, 0) is 48.4 Å². The molecule has 0 radical (unpaired) electrons. The number of nitrogens with one attached hydrogen (secondary N) is 2. The molecule has 3 rings (SSSR count). The molecular formula is C21H20ClN3O2. The summed E-state index contributed by atoms with van der Waals surface area (Å²) in [4.78, 5) is 16.7. The quantitative estimate of drug-likeness (QED) is 0.636. The second-order valence-corrected chi connectivity index (χ2v) is 6.51. The molecule has 0 spiro atoms. The van der Waals surface area contributed by atoms with Gasteiger partial charge in [-0.1, -0.05) is 29.8 Å². The Kier molecular flexibility index (Phi) is 5.94. The molecule has 2 aromatic carbocycles. The molecule has 0 aliphatic carbocycles. The van der Waals surface area contributed by atoms with Crippen LogP contribution in [0.5, 0.6) is 5.75 Å². The lowest BCUT2D eigenvalue weighted by molar-refractivity contribution is 0.102. The molecule has 0 bridgehead atoms. The minimum atomic E-state index is -0.235. The SMILES string of the molecule is COc1ccc(CNc2cncc(C(=O)Nc3cc(Cl)ccc3C)c2)cc1. The number of pyridine rings is 1. The number of methoxy groups -OCH3 is 1. The van der Waals surface area contributed by atoms with Gasteiger partial charge in [0, 0.05) is 29.6 Å². The molecule has 2 N–H and O–H groups in total. The molecule has 0 saturated carbocycles. The average Bonchev–Trinajstić information content (AvgIpc) is 2.69. The largest absolute Gasteiger partial charge is 0.497 e. The Morgan fingerprint density at radius 3 is 2.63 bits per heavy atom. The number of carbonyl (C=O) groups excluding carboxylic acids is 1. The van der Waals surface area contributed by atoms with Gasteiger partial charge >= 0.3 is 0 Å². The number of hydrogen-bond acceptors (Lipinski definition) is 4. The molecule has 3 aromatic rings. The third kappa shape index (κ3) is 4.99. The van der Waals surface area contributed by atoms with E-state index in [4.69, 9.17) is 16.3 Å². The summed E-state index contributed by atoms with van der Waals surface area (Å²) in [5.41, 5.74) is 3.95. The standard InChI is InChI=1S/C21H20ClN3O2/c1-14-3-6-17(22)10-20(14)25-21(26)16-9-18(13-23-12-16)24-11-15-4-7-19(27-2)8-5-15/h3-10,12-13,24H,11H2,1-2H3,(H,25,26). The second-order valence-electron chi connectivity index (χ2n) is 6.08. The normalized spacial score (nSPS) is 10.3. The number of hydrogen-bond donors (Lipinski definition) is 2. The van der Waals surface area contributed by atoms with Gasteiger partial charge in [0.2, 0.25) is 0 Å². The first-order valence-corrected chi connectivity index (χ1v) is 8.82. The molecule has 0 saturated heterocycles. The van der Waals surface area contributed by atoms with Crippen molar-refractivity contribution in [2.24, 2.45) is 0 Å². The van der Waals surface area contributed by atoms with Crippen molar-refractivity contribution in [3.63, 3.8) is 0 Å². The number of aromatic nitrogens is 1. The molecule has 5 nitrogen and oxygen atoms in total. The number of benzene rings is 2. The Bertz CT molecular complexity index is 942. The molecule has 0 atom stereocenters. The van der Waals surface area contributed by atoms with Gasteiger partial charge in [0.25, 0.3) is 5.91 Å². The van der Waals surface area contributed by atoms with Crippen molar-refractivity contribution in [3.8, 4) is 5.75 Å². The first-order chi connectivity index (χ1) is 13.0. The number of amides is 1. The number of nitrogens with zero attached hydrogens (tertiary/aromatic N) is 1. The Morgan fingerprint density at radius 2 is 1.89 bits per heavy atom. The number of ether oxygens (including phenoxy) is 1. The lowest BCUT2D eigenvalue weighted by Crippen LogP contribution is -2.13. The van der Waals surface area contributed by atoms with Crippen LogP contribution in [0.4, 0.5) is 11.4 Å². The number of carbonyl (C=O) groups is 1. The summed E-state index contributed by atoms with van der Waals surface area (Å²) < 4.78 is 5.16. The van der Waals surface area contributed by atoms with Crippen LogP contribution < -0.4 is 15.4 Å². The fourth-order valence-corrected chi connectivity index (χ4v) is 2.70. The number of halogens is 1. The van der Waals surface area contributed by atoms with E-state index in [0.29, 0.717) is 22.8 Å². The highest BCUT2D eigenvalue weighted by molar-refractivity contribution is 6.31. The summed E-state index contributed by atoms with van der Waals surface area (Å²) in [6.45, 7) is 2.53. The van der Waals surface area contributed by atoms with Gasteiger partial charge in [0.05, 0.1) is 18.4 Å². The van der Waals surface area contributed by atoms with E-state index in [1.807, 2.05) is 37.3 Å². The van der Waals surface area contributed by atoms with E-state index in [1.54, 1.807) is 31.5 Å². The van der Waals surface area contributed by atoms with Gasteiger partial charge in [-0.3, -0.25) is 9.78 Å². The number of rotatable bonds is 6. The zero-order chi connectivity index (χ0) is 19.2. The summed E-state index contributed by atoms with van der Waals surface area (Å²) in [7, 11) is 1.64. The summed E-state index contributed by atoms with van der Waals surface area (Å²) >= 11 is 6.01. The highest BCUT2D eigenvalue weighted by Gasteiger charge is 2.09. The number of anilines is 2. The first kappa shape index (κ1) is 18.7. The molecule has 1 heterocycles. The van der Waals surface area contributed by atoms with Crippen LogP contribution in [0.3, 0.4) is 0 Å². The predicted octanol–water partition coefficient (Wildman–Crippen LogP) is 4.92. The van der Waals surface area contributed by atoms with Gasteiger partial charge in [0.1, 0.15) is 5.75 Å². The van der Waals surface area contributed by atoms with Crippen molar-refractivity contribution in [2.75, 3.05) is 17.7 Å². The van der Waals surface area contributed by atoms with Crippen LogP contribution in [0.25, 0.3) is 0 Å². The van der Waals surface area contributed by atoms with Crippen molar-refractivity contribution in [1.29, 1.82) is 0 Å². The minimum absolute atomic E-state index is 0.235. The van der Waals surface area contributed by atoms with Gasteiger partial charge in [-0.2, -0.15) is 0 Å². The van der Waals surface area contributed by atoms with E-state index >= 15 is 0 Å². The zero-order valence-electron chi connectivity index (χ0n) is 15.1. The molecule has 1 amide bonds. The maximum absolute atomic E-state index is 12.5. The van der Waals surface area contributed by atoms with Gasteiger partial charge < -0.3 is 15.4 Å². The fourth-order valence-electron chi connectivity index (χ4n) is 2.53. The van der Waals surface area contributed by atoms with E-state index in [0.717, 1.165) is 22.6 Å². The monoisotopic (exact) mass is 381 g/mol. The Hall–Kier alpha value is -3.05. The van der Waals surface area contributed by atoms with E-state index in [-0.39, 0.29) is 5.91 Å². The second kappa shape index (κ2) is 8.56. The molecule has 0 aliphatic heterocycles. The van der Waals surface area contributed by atoms with E-state index < -0.39 is 0 Å². The maximum atomic E-state index is 12.5. The maximum Gasteiger partial charge on any atom is 0.257 e. The summed E-state index contributed by atoms with van der Waals surface area (Å²) in [5, 5.41) is 6.72. The van der Waals surface area contributed by atoms with E-state index in [1.165, 1.54) is 6.20 Å². The minimum Gasteiger partial charge on any atom is -0.497 e. The summed E-state index contributed by atoms with van der Waals surface area (Å²) in [6, 6.07) is 14.9. The van der Waals surface area contributed by atoms with Crippen molar-refractivity contribution in [2.45, 2.75) is 13.5 Å². The Morgan fingerprint density at radius 1 is 1.11 bits per heavy atom. The molecule has 0 unspecified atom stereocenters. The molecule has 138 valence electrons. The Balaban J connectivity index is 1.67. The fraction of sp³-hybridized carbons (Fsp3) is 0.143. The molecule has 6 heteroatoms. The highest BCUT2D eigenvalue weighted by Crippen LogP contribution is 2.21. The van der Waals surface area contributed by atoms with Crippen molar-refractivity contribution >= 4 is 28.9 Å². The lowest BCUT2D eigenvalue weighted by Gasteiger charge is -2.11. The van der Waals surface area contributed by atoms with Crippen LogP contribution in [0.1, 0.15) is 21.5 Å². The topological polar surface area (TPSA) is 63.2 Å². The Labute approximate surface area is 163 Å². The van der Waals surface area contributed by atoms with Crippen LogP contribution in [0.15, 0.2) is 60.9 Å². The predicted molar refractivity (Wildman–Crippen MR) is 109 cm³/mol.